The Bertz CT molecular complexity index is 970. The summed E-state index contributed by atoms with van der Waals surface area (Å²) in [7, 11) is 0. The Kier molecular flexibility index (Phi) is 7.29. The number of rotatable bonds is 8. The number of allylic oxidation sites excluding steroid dienone is 1. The van der Waals surface area contributed by atoms with E-state index in [1.165, 1.54) is 12.1 Å². The van der Waals surface area contributed by atoms with Gasteiger partial charge in [0, 0.05) is 30.9 Å². The van der Waals surface area contributed by atoms with Gasteiger partial charge in [0.25, 0.3) is 5.91 Å². The molecule has 2 aliphatic heterocycles. The maximum atomic E-state index is 13.4. The molecule has 1 amide bonds. The molecule has 32 heavy (non-hydrogen) atoms. The second-order valence-electron chi connectivity index (χ2n) is 7.94. The highest BCUT2D eigenvalue weighted by Gasteiger charge is 2.43. The first-order valence-electron chi connectivity index (χ1n) is 11.0. The van der Waals surface area contributed by atoms with Crippen LogP contribution in [-0.4, -0.2) is 56.0 Å². The highest BCUT2D eigenvalue weighted by molar-refractivity contribution is 6.18. The molecule has 168 valence electrons. The van der Waals surface area contributed by atoms with Crippen molar-refractivity contribution in [3.05, 3.63) is 77.6 Å². The number of halogens is 1. The number of oxime groups is 1. The molecule has 1 atom stereocenters. The SMILES string of the molecule is CC(/C=C1/C(=O)N(c2ccc(F)cc2)C1c1ccccc1)=N\OCCCN1CCOCC1. The van der Waals surface area contributed by atoms with Crippen LogP contribution in [0.5, 0.6) is 0 Å². The van der Waals surface area contributed by atoms with Gasteiger partial charge in [0.2, 0.25) is 0 Å². The van der Waals surface area contributed by atoms with E-state index in [2.05, 4.69) is 10.1 Å². The Balaban J connectivity index is 1.41. The van der Waals surface area contributed by atoms with Crippen molar-refractivity contribution in [3.63, 3.8) is 0 Å². The third-order valence-electron chi connectivity index (χ3n) is 5.63. The first-order valence-corrected chi connectivity index (χ1v) is 11.0. The molecule has 7 heteroatoms. The molecule has 0 saturated carbocycles. The van der Waals surface area contributed by atoms with Crippen molar-refractivity contribution in [2.45, 2.75) is 19.4 Å². The molecule has 2 aliphatic rings. The molecule has 2 aromatic carbocycles. The van der Waals surface area contributed by atoms with E-state index >= 15 is 0 Å². The Morgan fingerprint density at radius 2 is 1.88 bits per heavy atom. The second kappa shape index (κ2) is 10.5. The van der Waals surface area contributed by atoms with Gasteiger partial charge in [-0.3, -0.25) is 14.6 Å². The van der Waals surface area contributed by atoms with Crippen LogP contribution < -0.4 is 4.90 Å². The largest absolute Gasteiger partial charge is 0.396 e. The van der Waals surface area contributed by atoms with E-state index in [0.717, 1.165) is 44.8 Å². The van der Waals surface area contributed by atoms with E-state index in [1.807, 2.05) is 37.3 Å². The van der Waals surface area contributed by atoms with Crippen LogP contribution in [0.25, 0.3) is 0 Å². The number of benzene rings is 2. The second-order valence-corrected chi connectivity index (χ2v) is 7.94. The zero-order chi connectivity index (χ0) is 22.3. The van der Waals surface area contributed by atoms with Crippen molar-refractivity contribution in [1.29, 1.82) is 0 Å². The van der Waals surface area contributed by atoms with Gasteiger partial charge in [0.15, 0.2) is 0 Å². The molecule has 0 N–H and O–H groups in total. The van der Waals surface area contributed by atoms with Crippen LogP contribution in [-0.2, 0) is 14.4 Å². The van der Waals surface area contributed by atoms with Gasteiger partial charge in [-0.05, 0) is 49.2 Å². The number of amides is 1. The summed E-state index contributed by atoms with van der Waals surface area (Å²) in [5, 5.41) is 4.18. The Labute approximate surface area is 187 Å². The lowest BCUT2D eigenvalue weighted by molar-refractivity contribution is -0.119. The molecule has 0 spiro atoms. The maximum absolute atomic E-state index is 13.4. The molecule has 2 aromatic rings. The first kappa shape index (κ1) is 22.2. The highest BCUT2D eigenvalue weighted by atomic mass is 19.1. The fourth-order valence-corrected chi connectivity index (χ4v) is 4.00. The Morgan fingerprint density at radius 3 is 2.59 bits per heavy atom. The summed E-state index contributed by atoms with van der Waals surface area (Å²) in [5.74, 6) is -0.449. The summed E-state index contributed by atoms with van der Waals surface area (Å²) in [6.45, 7) is 6.80. The minimum Gasteiger partial charge on any atom is -0.396 e. The van der Waals surface area contributed by atoms with Crippen LogP contribution in [0.1, 0.15) is 24.9 Å². The molecule has 0 aromatic heterocycles. The standard InChI is InChI=1S/C25H28FN3O3/c1-19(27-32-15-5-12-28-13-16-31-17-14-28)18-23-24(20-6-3-2-4-7-20)29(25(23)30)22-10-8-21(26)9-11-22/h2-4,6-11,18,24H,5,12-17H2,1H3/b23-18+,27-19+. The summed E-state index contributed by atoms with van der Waals surface area (Å²) in [5.41, 5.74) is 2.93. The number of morpholine rings is 1. The van der Waals surface area contributed by atoms with E-state index in [4.69, 9.17) is 9.57 Å². The molecule has 2 saturated heterocycles. The van der Waals surface area contributed by atoms with Crippen molar-refractivity contribution in [1.82, 2.24) is 4.90 Å². The average molecular weight is 438 g/mol. The lowest BCUT2D eigenvalue weighted by atomic mass is 9.86. The molecule has 2 heterocycles. The number of β-lactam (4-membered cyclic amide) rings is 1. The van der Waals surface area contributed by atoms with Crippen molar-refractivity contribution in [2.24, 2.45) is 5.16 Å². The predicted octanol–water partition coefficient (Wildman–Crippen LogP) is 3.95. The molecule has 6 nitrogen and oxygen atoms in total. The highest BCUT2D eigenvalue weighted by Crippen LogP contribution is 2.43. The van der Waals surface area contributed by atoms with Crippen LogP contribution in [0.3, 0.4) is 0 Å². The van der Waals surface area contributed by atoms with Gasteiger partial charge in [-0.2, -0.15) is 0 Å². The lowest BCUT2D eigenvalue weighted by Gasteiger charge is -2.43. The first-order chi connectivity index (χ1) is 15.6. The van der Waals surface area contributed by atoms with E-state index in [0.29, 0.717) is 23.6 Å². The minimum atomic E-state index is -0.331. The molecule has 0 aliphatic carbocycles. The van der Waals surface area contributed by atoms with Gasteiger partial charge in [0.1, 0.15) is 12.4 Å². The molecular formula is C25H28FN3O3. The van der Waals surface area contributed by atoms with Crippen LogP contribution in [0.4, 0.5) is 10.1 Å². The fourth-order valence-electron chi connectivity index (χ4n) is 4.00. The van der Waals surface area contributed by atoms with Crippen molar-refractivity contribution < 1.29 is 18.8 Å². The number of ether oxygens (including phenoxy) is 1. The monoisotopic (exact) mass is 437 g/mol. The van der Waals surface area contributed by atoms with Crippen molar-refractivity contribution in [3.8, 4) is 0 Å². The number of carbonyl (C=O) groups excluding carboxylic acids is 1. The fraction of sp³-hybridized carbons (Fsp3) is 0.360. The summed E-state index contributed by atoms with van der Waals surface area (Å²) in [6, 6.07) is 15.5. The average Bonchev–Trinajstić information content (AvgIpc) is 2.83. The maximum Gasteiger partial charge on any atom is 0.257 e. The Hall–Kier alpha value is -3.03. The number of anilines is 1. The molecule has 0 radical (unpaired) electrons. The smallest absolute Gasteiger partial charge is 0.257 e. The number of hydrogen-bond donors (Lipinski definition) is 0. The van der Waals surface area contributed by atoms with E-state index < -0.39 is 0 Å². The van der Waals surface area contributed by atoms with E-state index in [-0.39, 0.29) is 17.8 Å². The lowest BCUT2D eigenvalue weighted by Crippen LogP contribution is -2.49. The number of hydrogen-bond acceptors (Lipinski definition) is 5. The van der Waals surface area contributed by atoms with Crippen molar-refractivity contribution in [2.75, 3.05) is 44.4 Å². The third-order valence-corrected chi connectivity index (χ3v) is 5.63. The summed E-state index contributed by atoms with van der Waals surface area (Å²) in [4.78, 5) is 22.5. The zero-order valence-electron chi connectivity index (χ0n) is 18.2. The molecule has 4 rings (SSSR count). The van der Waals surface area contributed by atoms with Gasteiger partial charge in [-0.1, -0.05) is 35.5 Å². The van der Waals surface area contributed by atoms with Crippen molar-refractivity contribution >= 4 is 17.3 Å². The summed E-state index contributed by atoms with van der Waals surface area (Å²) in [6.07, 6.45) is 2.67. The molecule has 1 unspecified atom stereocenters. The molecular weight excluding hydrogens is 409 g/mol. The molecule has 2 fully saturated rings. The minimum absolute atomic E-state index is 0.118. The van der Waals surface area contributed by atoms with Crippen LogP contribution in [0, 0.1) is 5.82 Å². The quantitative estimate of drug-likeness (QED) is 0.206. The third kappa shape index (κ3) is 5.23. The van der Waals surface area contributed by atoms with Gasteiger partial charge in [-0.15, -0.1) is 0 Å². The van der Waals surface area contributed by atoms with Crippen LogP contribution in [0.15, 0.2) is 71.4 Å². The normalized spacial score (nSPS) is 21.0. The summed E-state index contributed by atoms with van der Waals surface area (Å²) < 4.78 is 18.7. The van der Waals surface area contributed by atoms with E-state index in [9.17, 15) is 9.18 Å². The summed E-state index contributed by atoms with van der Waals surface area (Å²) >= 11 is 0. The molecule has 0 bridgehead atoms. The number of carbonyl (C=O) groups is 1. The Morgan fingerprint density at radius 1 is 1.16 bits per heavy atom. The van der Waals surface area contributed by atoms with Gasteiger partial charge in [0.05, 0.1) is 25.0 Å². The van der Waals surface area contributed by atoms with E-state index in [1.54, 1.807) is 23.1 Å². The predicted molar refractivity (Wildman–Crippen MR) is 122 cm³/mol. The van der Waals surface area contributed by atoms with Crippen LogP contribution in [0.2, 0.25) is 0 Å². The van der Waals surface area contributed by atoms with Gasteiger partial charge in [-0.25, -0.2) is 4.39 Å². The van der Waals surface area contributed by atoms with Gasteiger partial charge >= 0.3 is 0 Å². The zero-order valence-corrected chi connectivity index (χ0v) is 18.2. The van der Waals surface area contributed by atoms with Crippen LogP contribution >= 0.6 is 0 Å². The topological polar surface area (TPSA) is 54.4 Å². The van der Waals surface area contributed by atoms with Gasteiger partial charge < -0.3 is 9.57 Å². The number of nitrogens with zero attached hydrogens (tertiary/aromatic N) is 3.